The number of carbonyl (C=O) groups is 1. The van der Waals surface area contributed by atoms with Crippen LogP contribution in [0.25, 0.3) is 0 Å². The number of nitrogens with one attached hydrogen (secondary N) is 3. The molecule has 0 bridgehead atoms. The van der Waals surface area contributed by atoms with E-state index in [0.717, 1.165) is 37.5 Å². The Labute approximate surface area is 185 Å². The Kier molecular flexibility index (Phi) is 13.8. The van der Waals surface area contributed by atoms with Crippen LogP contribution in [-0.4, -0.2) is 44.1 Å². The zero-order valence-electron chi connectivity index (χ0n) is 16.9. The molecular formula is C20H35IN4O3. The molecule has 0 atom stereocenters. The van der Waals surface area contributed by atoms with Gasteiger partial charge in [-0.1, -0.05) is 19.3 Å². The van der Waals surface area contributed by atoms with E-state index in [9.17, 15) is 4.79 Å². The second-order valence-corrected chi connectivity index (χ2v) is 6.83. The number of aliphatic imine (C=N–C) groups is 1. The lowest BCUT2D eigenvalue weighted by atomic mass is 9.95. The molecule has 1 aromatic rings. The number of hydrogen-bond donors (Lipinski definition) is 3. The Hall–Kier alpha value is -1.29. The van der Waals surface area contributed by atoms with Crippen molar-refractivity contribution < 1.29 is 13.9 Å². The van der Waals surface area contributed by atoms with Crippen LogP contribution in [0.15, 0.2) is 27.8 Å². The minimum Gasteiger partial charge on any atom is -0.467 e. The Morgan fingerprint density at radius 1 is 1.29 bits per heavy atom. The second-order valence-electron chi connectivity index (χ2n) is 6.83. The molecule has 1 heterocycles. The summed E-state index contributed by atoms with van der Waals surface area (Å²) >= 11 is 0. The third-order valence-electron chi connectivity index (χ3n) is 4.50. The second kappa shape index (κ2) is 15.6. The number of halogens is 1. The van der Waals surface area contributed by atoms with E-state index in [-0.39, 0.29) is 29.9 Å². The number of ether oxygens (including phenoxy) is 1. The monoisotopic (exact) mass is 506 g/mol. The fourth-order valence-corrected chi connectivity index (χ4v) is 3.11. The van der Waals surface area contributed by atoms with E-state index in [1.807, 2.05) is 19.1 Å². The van der Waals surface area contributed by atoms with Gasteiger partial charge in [0.15, 0.2) is 5.96 Å². The van der Waals surface area contributed by atoms with Gasteiger partial charge in [0, 0.05) is 38.7 Å². The minimum atomic E-state index is 0. The molecule has 1 aliphatic carbocycles. The van der Waals surface area contributed by atoms with Crippen LogP contribution in [0.5, 0.6) is 0 Å². The van der Waals surface area contributed by atoms with Crippen LogP contribution in [0.2, 0.25) is 0 Å². The molecule has 1 saturated carbocycles. The number of nitrogens with zero attached hydrogens (tertiary/aromatic N) is 1. The maximum Gasteiger partial charge on any atom is 0.221 e. The van der Waals surface area contributed by atoms with E-state index < -0.39 is 0 Å². The molecule has 0 aromatic carbocycles. The van der Waals surface area contributed by atoms with Crippen LogP contribution in [-0.2, 0) is 16.1 Å². The minimum absolute atomic E-state index is 0. The molecule has 0 radical (unpaired) electrons. The highest BCUT2D eigenvalue weighted by atomic mass is 127. The van der Waals surface area contributed by atoms with Gasteiger partial charge < -0.3 is 25.1 Å². The Bertz CT molecular complexity index is 546. The topological polar surface area (TPSA) is 87.9 Å². The largest absolute Gasteiger partial charge is 0.467 e. The molecule has 7 nitrogen and oxygen atoms in total. The lowest BCUT2D eigenvalue weighted by Gasteiger charge is -2.22. The van der Waals surface area contributed by atoms with Crippen LogP contribution in [0.1, 0.15) is 57.6 Å². The first-order chi connectivity index (χ1) is 13.3. The first kappa shape index (κ1) is 24.7. The molecule has 28 heavy (non-hydrogen) atoms. The van der Waals surface area contributed by atoms with E-state index in [0.29, 0.717) is 38.8 Å². The van der Waals surface area contributed by atoms with Gasteiger partial charge in [0.25, 0.3) is 0 Å². The summed E-state index contributed by atoms with van der Waals surface area (Å²) in [6, 6.07) is 4.12. The lowest BCUT2D eigenvalue weighted by molar-refractivity contribution is -0.121. The summed E-state index contributed by atoms with van der Waals surface area (Å²) in [6.45, 7) is 5.19. The fourth-order valence-electron chi connectivity index (χ4n) is 3.11. The quantitative estimate of drug-likeness (QED) is 0.186. The van der Waals surface area contributed by atoms with Crippen molar-refractivity contribution in [2.24, 2.45) is 4.99 Å². The van der Waals surface area contributed by atoms with Crippen LogP contribution in [0.3, 0.4) is 0 Å². The molecule has 8 heteroatoms. The standard InChI is InChI=1S/C20H34N4O3.HI/c1-2-21-20(22-12-7-14-26-16-18-10-6-15-27-18)23-13-11-19(25)24-17-8-4-3-5-9-17;/h6,10,15,17H,2-5,7-9,11-14,16H2,1H3,(H,24,25)(H2,21,22,23);1H. The van der Waals surface area contributed by atoms with E-state index in [2.05, 4.69) is 20.9 Å². The number of amides is 1. The Balaban J connectivity index is 0.00000392. The molecule has 3 N–H and O–H groups in total. The van der Waals surface area contributed by atoms with E-state index in [1.54, 1.807) is 6.26 Å². The van der Waals surface area contributed by atoms with Gasteiger partial charge in [-0.25, -0.2) is 0 Å². The maximum absolute atomic E-state index is 12.0. The first-order valence-corrected chi connectivity index (χ1v) is 10.2. The zero-order chi connectivity index (χ0) is 19.2. The van der Waals surface area contributed by atoms with Crippen molar-refractivity contribution in [2.75, 3.05) is 26.2 Å². The number of guanidine groups is 1. The van der Waals surface area contributed by atoms with Gasteiger partial charge in [-0.3, -0.25) is 9.79 Å². The lowest BCUT2D eigenvalue weighted by Crippen LogP contribution is -2.41. The molecule has 160 valence electrons. The molecule has 1 amide bonds. The van der Waals surface area contributed by atoms with Gasteiger partial charge >= 0.3 is 0 Å². The molecule has 1 aliphatic rings. The molecule has 0 saturated heterocycles. The summed E-state index contributed by atoms with van der Waals surface area (Å²) < 4.78 is 10.8. The van der Waals surface area contributed by atoms with Crippen molar-refractivity contribution in [3.05, 3.63) is 24.2 Å². The average molecular weight is 506 g/mol. The number of furan rings is 1. The van der Waals surface area contributed by atoms with Crippen molar-refractivity contribution in [1.82, 2.24) is 16.0 Å². The van der Waals surface area contributed by atoms with Crippen molar-refractivity contribution >= 4 is 35.8 Å². The molecular weight excluding hydrogens is 471 g/mol. The summed E-state index contributed by atoms with van der Waals surface area (Å²) in [5, 5.41) is 9.57. The van der Waals surface area contributed by atoms with E-state index in [1.165, 1.54) is 19.3 Å². The third kappa shape index (κ3) is 10.9. The van der Waals surface area contributed by atoms with Gasteiger partial charge in [0.2, 0.25) is 5.91 Å². The van der Waals surface area contributed by atoms with Crippen molar-refractivity contribution in [1.29, 1.82) is 0 Å². The van der Waals surface area contributed by atoms with Crippen LogP contribution in [0, 0.1) is 0 Å². The Morgan fingerprint density at radius 2 is 2.11 bits per heavy atom. The zero-order valence-corrected chi connectivity index (χ0v) is 19.2. The normalized spacial score (nSPS) is 15.0. The van der Waals surface area contributed by atoms with Crippen LogP contribution in [0.4, 0.5) is 0 Å². The van der Waals surface area contributed by atoms with Gasteiger partial charge in [0.05, 0.1) is 6.26 Å². The summed E-state index contributed by atoms with van der Waals surface area (Å²) in [6.07, 6.45) is 8.93. The fraction of sp³-hybridized carbons (Fsp3) is 0.700. The third-order valence-corrected chi connectivity index (χ3v) is 4.50. The molecule has 1 fully saturated rings. The average Bonchev–Trinajstić information content (AvgIpc) is 3.18. The first-order valence-electron chi connectivity index (χ1n) is 10.2. The van der Waals surface area contributed by atoms with Gasteiger partial charge in [-0.05, 0) is 38.3 Å². The van der Waals surface area contributed by atoms with E-state index in [4.69, 9.17) is 9.15 Å². The predicted molar refractivity (Wildman–Crippen MR) is 122 cm³/mol. The molecule has 1 aromatic heterocycles. The van der Waals surface area contributed by atoms with Crippen molar-refractivity contribution in [3.8, 4) is 0 Å². The van der Waals surface area contributed by atoms with Crippen LogP contribution >= 0.6 is 24.0 Å². The highest BCUT2D eigenvalue weighted by molar-refractivity contribution is 14.0. The molecule has 2 rings (SSSR count). The highest BCUT2D eigenvalue weighted by Gasteiger charge is 2.15. The van der Waals surface area contributed by atoms with Gasteiger partial charge in [-0.2, -0.15) is 0 Å². The summed E-state index contributed by atoms with van der Waals surface area (Å²) in [4.78, 5) is 16.6. The van der Waals surface area contributed by atoms with Crippen molar-refractivity contribution in [3.63, 3.8) is 0 Å². The molecule has 0 spiro atoms. The number of rotatable bonds is 11. The summed E-state index contributed by atoms with van der Waals surface area (Å²) in [7, 11) is 0. The van der Waals surface area contributed by atoms with Gasteiger partial charge in [0.1, 0.15) is 12.4 Å². The van der Waals surface area contributed by atoms with Gasteiger partial charge in [-0.15, -0.1) is 24.0 Å². The number of carbonyl (C=O) groups excluding carboxylic acids is 1. The Morgan fingerprint density at radius 3 is 2.82 bits per heavy atom. The van der Waals surface area contributed by atoms with Crippen LogP contribution < -0.4 is 16.0 Å². The highest BCUT2D eigenvalue weighted by Crippen LogP contribution is 2.17. The maximum atomic E-state index is 12.0. The summed E-state index contributed by atoms with van der Waals surface area (Å²) in [5.41, 5.74) is 0. The molecule has 0 aliphatic heterocycles. The smallest absolute Gasteiger partial charge is 0.221 e. The van der Waals surface area contributed by atoms with Crippen molar-refractivity contribution in [2.45, 2.75) is 64.5 Å². The SMILES string of the molecule is CCNC(=NCCCOCc1ccco1)NCCC(=O)NC1CCCCC1.I. The van der Waals surface area contributed by atoms with E-state index >= 15 is 0 Å². The summed E-state index contributed by atoms with van der Waals surface area (Å²) in [5.74, 6) is 1.70. The predicted octanol–water partition coefficient (Wildman–Crippen LogP) is 3.20. The molecule has 0 unspecified atom stereocenters. The number of hydrogen-bond acceptors (Lipinski definition) is 4.